The monoisotopic (exact) mass is 424 g/mol. The van der Waals surface area contributed by atoms with Crippen LogP contribution < -0.4 is 4.74 Å². The van der Waals surface area contributed by atoms with Gasteiger partial charge in [0.2, 0.25) is 0 Å². The maximum absolute atomic E-state index is 12.6. The minimum absolute atomic E-state index is 0.186. The van der Waals surface area contributed by atoms with Gasteiger partial charge >= 0.3 is 5.97 Å². The van der Waals surface area contributed by atoms with Gasteiger partial charge in [-0.2, -0.15) is 0 Å². The molecule has 1 N–H and O–H groups in total. The number of aliphatic imine (C=N–C) groups is 1. The topological polar surface area (TPSA) is 80.6 Å². The molecule has 2 fully saturated rings. The van der Waals surface area contributed by atoms with E-state index in [4.69, 9.17) is 27.0 Å². The van der Waals surface area contributed by atoms with E-state index in [0.717, 1.165) is 6.42 Å². The Hall–Kier alpha value is -2.32. The number of rotatable bonds is 5. The molecule has 164 valence electrons. The molecule has 7 nitrogen and oxygen atoms in total. The zero-order chi connectivity index (χ0) is 22.4. The van der Waals surface area contributed by atoms with Crippen molar-refractivity contribution in [3.63, 3.8) is 0 Å². The van der Waals surface area contributed by atoms with Gasteiger partial charge < -0.3 is 24.2 Å². The minimum Gasteiger partial charge on any atom is -0.504 e. The molecule has 3 heterocycles. The molecular formula is C23H29BN2O5. The van der Waals surface area contributed by atoms with Gasteiger partial charge in [0, 0.05) is 18.5 Å². The van der Waals surface area contributed by atoms with Crippen molar-refractivity contribution in [3.8, 4) is 5.75 Å². The summed E-state index contributed by atoms with van der Waals surface area (Å²) in [6.45, 7) is 3.42. The third-order valence-electron chi connectivity index (χ3n) is 7.12. The van der Waals surface area contributed by atoms with Crippen molar-refractivity contribution in [3.05, 3.63) is 35.6 Å². The van der Waals surface area contributed by atoms with Gasteiger partial charge in [0.25, 0.3) is 0 Å². The minimum atomic E-state index is -1.30. The number of hydrogen-bond acceptors (Lipinski definition) is 7. The zero-order valence-corrected chi connectivity index (χ0v) is 18.6. The Morgan fingerprint density at radius 1 is 1.39 bits per heavy atom. The number of hydrogen-bond donors (Lipinski definition) is 1. The summed E-state index contributed by atoms with van der Waals surface area (Å²) in [7, 11) is 11.5. The van der Waals surface area contributed by atoms with E-state index < -0.39 is 17.0 Å². The first-order valence-electron chi connectivity index (χ1n) is 10.7. The summed E-state index contributed by atoms with van der Waals surface area (Å²) < 4.78 is 15.8. The first-order chi connectivity index (χ1) is 14.8. The van der Waals surface area contributed by atoms with Crippen LogP contribution in [0.25, 0.3) is 0 Å². The summed E-state index contributed by atoms with van der Waals surface area (Å²) in [6, 6.07) is 5.56. The average molecular weight is 424 g/mol. The van der Waals surface area contributed by atoms with Crippen LogP contribution in [0.5, 0.6) is 5.75 Å². The van der Waals surface area contributed by atoms with Gasteiger partial charge in [-0.15, -0.1) is 0 Å². The number of aliphatic hydroxyl groups is 1. The standard InChI is InChI=1S/C23H29BN2O5/c1-5-14-12-26-10-9-22(28)19-17(7-6-8-18(19)30-3)25-21(22)23(26,24)11-15(14)16(13-29-2)20(27)31-4/h6-8,13-15,28H,5,9-12H2,1-4H3/b16-13+/t14-,15-,22-,23-/m0/s1. The Kier molecular flexibility index (Phi) is 5.64. The molecule has 3 aliphatic rings. The predicted molar refractivity (Wildman–Crippen MR) is 118 cm³/mol. The third-order valence-corrected chi connectivity index (χ3v) is 7.12. The number of nitrogens with zero attached hydrogens (tertiary/aromatic N) is 2. The molecule has 0 unspecified atom stereocenters. The van der Waals surface area contributed by atoms with E-state index in [1.165, 1.54) is 20.5 Å². The quantitative estimate of drug-likeness (QED) is 0.338. The van der Waals surface area contributed by atoms with Crippen LogP contribution >= 0.6 is 0 Å². The number of esters is 1. The van der Waals surface area contributed by atoms with Gasteiger partial charge in [-0.05, 0) is 36.8 Å². The molecule has 4 atom stereocenters. The smallest absolute Gasteiger partial charge is 0.337 e. The van der Waals surface area contributed by atoms with E-state index in [0.29, 0.717) is 54.2 Å². The summed E-state index contributed by atoms with van der Waals surface area (Å²) in [5.41, 5.74) is 0.0302. The number of ether oxygens (including phenoxy) is 3. The zero-order valence-electron chi connectivity index (χ0n) is 18.6. The fraction of sp³-hybridized carbons (Fsp3) is 0.565. The Morgan fingerprint density at radius 3 is 2.81 bits per heavy atom. The normalized spacial score (nSPS) is 32.4. The molecule has 0 saturated carbocycles. The van der Waals surface area contributed by atoms with E-state index in [9.17, 15) is 9.90 Å². The molecule has 1 aromatic carbocycles. The largest absolute Gasteiger partial charge is 0.504 e. The van der Waals surface area contributed by atoms with Crippen LogP contribution in [0, 0.1) is 11.8 Å². The summed E-state index contributed by atoms with van der Waals surface area (Å²) in [6.07, 6.45) is 3.24. The Bertz CT molecular complexity index is 948. The fourth-order valence-electron chi connectivity index (χ4n) is 5.58. The van der Waals surface area contributed by atoms with Crippen LogP contribution in [0.15, 0.2) is 35.0 Å². The maximum atomic E-state index is 12.6. The molecule has 4 rings (SSSR count). The number of fused-ring (bicyclic) bond motifs is 5. The fourth-order valence-corrected chi connectivity index (χ4v) is 5.58. The van der Waals surface area contributed by atoms with Gasteiger partial charge in [0.1, 0.15) is 19.2 Å². The van der Waals surface area contributed by atoms with E-state index in [2.05, 4.69) is 11.8 Å². The van der Waals surface area contributed by atoms with Crippen molar-refractivity contribution in [1.82, 2.24) is 4.90 Å². The number of carbonyl (C=O) groups excluding carboxylic acids is 1. The van der Waals surface area contributed by atoms with Crippen molar-refractivity contribution in [2.45, 2.75) is 37.2 Å². The molecule has 8 heteroatoms. The van der Waals surface area contributed by atoms with Crippen LogP contribution in [-0.2, 0) is 19.9 Å². The highest BCUT2D eigenvalue weighted by atomic mass is 16.5. The van der Waals surface area contributed by atoms with Crippen molar-refractivity contribution < 1.29 is 24.1 Å². The lowest BCUT2D eigenvalue weighted by Crippen LogP contribution is -2.69. The predicted octanol–water partition coefficient (Wildman–Crippen LogP) is 2.29. The first kappa shape index (κ1) is 21.9. The molecule has 3 aliphatic heterocycles. The van der Waals surface area contributed by atoms with Gasteiger partial charge in [0.05, 0.1) is 50.1 Å². The van der Waals surface area contributed by atoms with Crippen LogP contribution in [0.1, 0.15) is 31.7 Å². The average Bonchev–Trinajstić information content (AvgIpc) is 3.10. The Balaban J connectivity index is 1.79. The molecular weight excluding hydrogens is 395 g/mol. The van der Waals surface area contributed by atoms with E-state index in [-0.39, 0.29) is 11.8 Å². The van der Waals surface area contributed by atoms with Crippen molar-refractivity contribution in [1.29, 1.82) is 0 Å². The first-order valence-corrected chi connectivity index (χ1v) is 10.7. The highest BCUT2D eigenvalue weighted by molar-refractivity contribution is 6.33. The van der Waals surface area contributed by atoms with Crippen LogP contribution in [0.3, 0.4) is 0 Å². The lowest BCUT2D eigenvalue weighted by Gasteiger charge is -2.57. The van der Waals surface area contributed by atoms with Gasteiger partial charge in [-0.25, -0.2) is 4.79 Å². The number of carbonyl (C=O) groups is 1. The van der Waals surface area contributed by atoms with Crippen molar-refractivity contribution >= 4 is 25.2 Å². The van der Waals surface area contributed by atoms with Crippen LogP contribution in [0.2, 0.25) is 0 Å². The van der Waals surface area contributed by atoms with Gasteiger partial charge in [0.15, 0.2) is 0 Å². The molecule has 31 heavy (non-hydrogen) atoms. The number of benzene rings is 1. The second-order valence-electron chi connectivity index (χ2n) is 8.57. The molecule has 0 aromatic heterocycles. The lowest BCUT2D eigenvalue weighted by molar-refractivity contribution is -0.137. The molecule has 1 aromatic rings. The SMILES string of the molecule is [B][C@@]12C[C@H](/C(=C\OC)C(=O)OC)[C@@H](CC)CN1CC[C@@]1(O)C2=Nc2cccc(OC)c21. The second-order valence-corrected chi connectivity index (χ2v) is 8.57. The van der Waals surface area contributed by atoms with Gasteiger partial charge in [-0.3, -0.25) is 4.99 Å². The lowest BCUT2D eigenvalue weighted by atomic mass is 9.55. The van der Waals surface area contributed by atoms with Gasteiger partial charge in [-0.1, -0.05) is 19.4 Å². The van der Waals surface area contributed by atoms with Crippen molar-refractivity contribution in [2.24, 2.45) is 16.8 Å². The number of piperidine rings is 2. The molecule has 0 spiro atoms. The van der Waals surface area contributed by atoms with E-state index in [1.807, 2.05) is 18.2 Å². The Labute approximate surface area is 184 Å². The van der Waals surface area contributed by atoms with Crippen LogP contribution in [-0.4, -0.2) is 69.4 Å². The highest BCUT2D eigenvalue weighted by Gasteiger charge is 2.59. The van der Waals surface area contributed by atoms with E-state index in [1.54, 1.807) is 7.11 Å². The molecule has 0 bridgehead atoms. The number of methoxy groups -OCH3 is 3. The summed E-state index contributed by atoms with van der Waals surface area (Å²) in [5, 5.41) is 11.8. The second kappa shape index (κ2) is 7.99. The maximum Gasteiger partial charge on any atom is 0.337 e. The summed E-state index contributed by atoms with van der Waals surface area (Å²) in [4.78, 5) is 19.6. The van der Waals surface area contributed by atoms with Crippen LogP contribution in [0.4, 0.5) is 5.69 Å². The molecule has 0 amide bonds. The summed E-state index contributed by atoms with van der Waals surface area (Å²) >= 11 is 0. The Morgan fingerprint density at radius 2 is 2.16 bits per heavy atom. The highest BCUT2D eigenvalue weighted by Crippen LogP contribution is 2.54. The molecule has 0 aliphatic carbocycles. The van der Waals surface area contributed by atoms with Crippen molar-refractivity contribution in [2.75, 3.05) is 34.4 Å². The van der Waals surface area contributed by atoms with E-state index >= 15 is 0 Å². The molecule has 2 radical (unpaired) electrons. The third kappa shape index (κ3) is 3.19. The summed E-state index contributed by atoms with van der Waals surface area (Å²) in [5.74, 6) is 0.187. The molecule has 2 saturated heterocycles.